The van der Waals surface area contributed by atoms with E-state index >= 15 is 0 Å². The minimum Gasteiger partial charge on any atom is -0.310 e. The number of rotatable bonds is 2. The molecule has 0 aliphatic carbocycles. The molecule has 11 heavy (non-hydrogen) atoms. The molecule has 1 aromatic carbocycles. The summed E-state index contributed by atoms with van der Waals surface area (Å²) in [6, 6.07) is 9.43. The first-order valence-electron chi connectivity index (χ1n) is 3.31. The van der Waals surface area contributed by atoms with Crippen molar-refractivity contribution in [2.24, 2.45) is 17.4 Å². The van der Waals surface area contributed by atoms with Crippen LogP contribution in [0.5, 0.6) is 0 Å². The van der Waals surface area contributed by atoms with Crippen molar-refractivity contribution in [3.63, 3.8) is 0 Å². The number of hydrogen-bond acceptors (Lipinski definition) is 4. The van der Waals surface area contributed by atoms with Gasteiger partial charge in [-0.2, -0.15) is 5.12 Å². The minimum atomic E-state index is -0.434. The van der Waals surface area contributed by atoms with E-state index in [1.807, 2.05) is 30.3 Å². The summed E-state index contributed by atoms with van der Waals surface area (Å²) in [4.78, 5) is 0. The van der Waals surface area contributed by atoms with E-state index in [9.17, 15) is 0 Å². The van der Waals surface area contributed by atoms with E-state index in [1.165, 1.54) is 0 Å². The molecule has 0 radical (unpaired) electrons. The number of hydrogen-bond donors (Lipinski definition) is 3. The van der Waals surface area contributed by atoms with E-state index in [4.69, 9.17) is 17.4 Å². The van der Waals surface area contributed by atoms with Crippen molar-refractivity contribution < 1.29 is 0 Å². The molecule has 0 spiro atoms. The Balaban J connectivity index is 2.77. The second kappa shape index (κ2) is 3.45. The molecule has 0 aliphatic heterocycles. The van der Waals surface area contributed by atoms with Crippen molar-refractivity contribution in [3.8, 4) is 0 Å². The van der Waals surface area contributed by atoms with Crippen LogP contribution in [0.15, 0.2) is 30.3 Å². The van der Waals surface area contributed by atoms with Crippen LogP contribution in [0.2, 0.25) is 0 Å². The molecule has 0 saturated carbocycles. The fourth-order valence-corrected chi connectivity index (χ4v) is 0.822. The highest BCUT2D eigenvalue weighted by atomic mass is 15.6. The normalized spacial score (nSPS) is 13.5. The van der Waals surface area contributed by atoms with Crippen LogP contribution in [-0.4, -0.2) is 5.12 Å². The lowest BCUT2D eigenvalue weighted by molar-refractivity contribution is 0.212. The zero-order chi connectivity index (χ0) is 8.27. The van der Waals surface area contributed by atoms with Gasteiger partial charge in [0.05, 0.1) is 0 Å². The van der Waals surface area contributed by atoms with E-state index in [0.717, 1.165) is 10.7 Å². The molecule has 1 rings (SSSR count). The smallest absolute Gasteiger partial charge is 0.112 e. The van der Waals surface area contributed by atoms with Gasteiger partial charge in [0.2, 0.25) is 0 Å². The summed E-state index contributed by atoms with van der Waals surface area (Å²) >= 11 is 0. The predicted molar refractivity (Wildman–Crippen MR) is 43.6 cm³/mol. The lowest BCUT2D eigenvalue weighted by Gasteiger charge is -2.18. The molecule has 1 aromatic rings. The van der Waals surface area contributed by atoms with Crippen LogP contribution in [0.4, 0.5) is 0 Å². The quantitative estimate of drug-likeness (QED) is 0.308. The number of nitrogens with zero attached hydrogens (tertiary/aromatic N) is 1. The van der Waals surface area contributed by atoms with Crippen LogP contribution < -0.4 is 17.4 Å². The minimum absolute atomic E-state index is 0.434. The highest BCUT2D eigenvalue weighted by Crippen LogP contribution is 2.07. The second-order valence-corrected chi connectivity index (χ2v) is 2.30. The van der Waals surface area contributed by atoms with Gasteiger partial charge >= 0.3 is 0 Å². The van der Waals surface area contributed by atoms with Gasteiger partial charge in [-0.25, -0.2) is 0 Å². The van der Waals surface area contributed by atoms with Crippen molar-refractivity contribution in [1.82, 2.24) is 5.12 Å². The Hall–Kier alpha value is -0.940. The van der Waals surface area contributed by atoms with Crippen molar-refractivity contribution in [1.29, 1.82) is 0 Å². The van der Waals surface area contributed by atoms with Gasteiger partial charge < -0.3 is 5.73 Å². The highest BCUT2D eigenvalue weighted by Gasteiger charge is 2.06. The maximum Gasteiger partial charge on any atom is 0.112 e. The van der Waals surface area contributed by atoms with E-state index in [0.29, 0.717) is 0 Å². The molecule has 0 fully saturated rings. The summed E-state index contributed by atoms with van der Waals surface area (Å²) in [5.41, 5.74) is 6.51. The molecule has 4 heteroatoms. The molecule has 0 saturated heterocycles. The summed E-state index contributed by atoms with van der Waals surface area (Å²) in [6.45, 7) is 0. The molecule has 0 aromatic heterocycles. The van der Waals surface area contributed by atoms with Crippen LogP contribution in [0.25, 0.3) is 0 Å². The Labute approximate surface area is 65.5 Å². The van der Waals surface area contributed by atoms with Crippen LogP contribution in [-0.2, 0) is 0 Å². The van der Waals surface area contributed by atoms with Gasteiger partial charge in [0.1, 0.15) is 6.17 Å². The molecule has 6 N–H and O–H groups in total. The van der Waals surface area contributed by atoms with Crippen LogP contribution in [0, 0.1) is 0 Å². The summed E-state index contributed by atoms with van der Waals surface area (Å²) in [7, 11) is 0. The van der Waals surface area contributed by atoms with Crippen molar-refractivity contribution in [2.45, 2.75) is 6.17 Å². The molecule has 60 valence electrons. The lowest BCUT2D eigenvalue weighted by Crippen LogP contribution is -2.45. The molecule has 1 atom stereocenters. The first-order valence-corrected chi connectivity index (χ1v) is 3.31. The molecular formula is C7H12N4. The topological polar surface area (TPSA) is 81.3 Å². The maximum absolute atomic E-state index is 5.61. The van der Waals surface area contributed by atoms with Crippen molar-refractivity contribution in [3.05, 3.63) is 35.9 Å². The molecule has 0 amide bonds. The molecular weight excluding hydrogens is 140 g/mol. The fraction of sp³-hybridized carbons (Fsp3) is 0.143. The third-order valence-electron chi connectivity index (χ3n) is 1.46. The lowest BCUT2D eigenvalue weighted by atomic mass is 10.2. The third kappa shape index (κ3) is 1.99. The molecule has 0 heterocycles. The molecule has 4 nitrogen and oxygen atoms in total. The molecule has 0 aliphatic rings. The van der Waals surface area contributed by atoms with Gasteiger partial charge in [-0.3, -0.25) is 11.7 Å². The maximum atomic E-state index is 5.61. The van der Waals surface area contributed by atoms with E-state index in [1.54, 1.807) is 0 Å². The fourth-order valence-electron chi connectivity index (χ4n) is 0.822. The summed E-state index contributed by atoms with van der Waals surface area (Å²) in [5, 5.41) is 0.981. The predicted octanol–water partition coefficient (Wildman–Crippen LogP) is -0.307. The Morgan fingerprint density at radius 1 is 1.09 bits per heavy atom. The van der Waals surface area contributed by atoms with Gasteiger partial charge in [0, 0.05) is 0 Å². The van der Waals surface area contributed by atoms with E-state index in [-0.39, 0.29) is 0 Å². The monoisotopic (exact) mass is 152 g/mol. The largest absolute Gasteiger partial charge is 0.310 e. The van der Waals surface area contributed by atoms with Gasteiger partial charge in [-0.05, 0) is 5.56 Å². The number of nitrogens with two attached hydrogens (primary N) is 3. The van der Waals surface area contributed by atoms with Gasteiger partial charge in [0.15, 0.2) is 0 Å². The second-order valence-electron chi connectivity index (χ2n) is 2.30. The van der Waals surface area contributed by atoms with Crippen molar-refractivity contribution in [2.75, 3.05) is 0 Å². The van der Waals surface area contributed by atoms with Crippen LogP contribution >= 0.6 is 0 Å². The van der Waals surface area contributed by atoms with Crippen LogP contribution in [0.3, 0.4) is 0 Å². The Bertz CT molecular complexity index is 209. The van der Waals surface area contributed by atoms with Gasteiger partial charge in [-0.1, -0.05) is 30.3 Å². The van der Waals surface area contributed by atoms with Crippen LogP contribution in [0.1, 0.15) is 11.7 Å². The Morgan fingerprint density at radius 3 is 2.09 bits per heavy atom. The molecule has 1 unspecified atom stereocenters. The standard InChI is InChI=1S/C7H12N4/c8-7(11(9)10)6-4-2-1-3-5-6/h1-5,7H,8-10H2. The Morgan fingerprint density at radius 2 is 1.64 bits per heavy atom. The first kappa shape index (κ1) is 8.16. The highest BCUT2D eigenvalue weighted by molar-refractivity contribution is 5.17. The summed E-state index contributed by atoms with van der Waals surface area (Å²) in [5.74, 6) is 10.5. The zero-order valence-electron chi connectivity index (χ0n) is 6.14. The summed E-state index contributed by atoms with van der Waals surface area (Å²) < 4.78 is 0. The summed E-state index contributed by atoms with van der Waals surface area (Å²) in [6.07, 6.45) is -0.434. The number of benzene rings is 1. The van der Waals surface area contributed by atoms with E-state index < -0.39 is 6.17 Å². The third-order valence-corrected chi connectivity index (χ3v) is 1.46. The van der Waals surface area contributed by atoms with Gasteiger partial charge in [-0.15, -0.1) is 0 Å². The zero-order valence-corrected chi connectivity index (χ0v) is 6.14. The van der Waals surface area contributed by atoms with Crippen molar-refractivity contribution >= 4 is 0 Å². The molecule has 0 bridgehead atoms. The number of hydrazine groups is 2. The SMILES string of the molecule is NC(c1ccccc1)N(N)N. The van der Waals surface area contributed by atoms with Gasteiger partial charge in [0.25, 0.3) is 0 Å². The first-order chi connectivity index (χ1) is 5.22. The van der Waals surface area contributed by atoms with E-state index in [2.05, 4.69) is 0 Å². The average molecular weight is 152 g/mol. The Kier molecular flexibility index (Phi) is 2.56. The average Bonchev–Trinajstić information content (AvgIpc) is 2.05.